The molecule has 0 fully saturated rings. The van der Waals surface area contributed by atoms with Crippen molar-refractivity contribution in [1.29, 1.82) is 0 Å². The van der Waals surface area contributed by atoms with Gasteiger partial charge >= 0.3 is 0 Å². The SMILES string of the molecule is Cc1cc(CN)ccc1COC(C)(C)C. The van der Waals surface area contributed by atoms with Crippen LogP contribution in [0.5, 0.6) is 0 Å². The van der Waals surface area contributed by atoms with Gasteiger partial charge in [0.15, 0.2) is 0 Å². The molecule has 0 unspecified atom stereocenters. The smallest absolute Gasteiger partial charge is 0.0726 e. The van der Waals surface area contributed by atoms with Gasteiger partial charge in [0.05, 0.1) is 12.2 Å². The van der Waals surface area contributed by atoms with E-state index in [4.69, 9.17) is 10.5 Å². The van der Waals surface area contributed by atoms with Crippen molar-refractivity contribution in [2.75, 3.05) is 0 Å². The molecule has 2 nitrogen and oxygen atoms in total. The van der Waals surface area contributed by atoms with Crippen LogP contribution in [0, 0.1) is 6.92 Å². The number of aryl methyl sites for hydroxylation is 1. The molecule has 0 spiro atoms. The second-order valence-corrected chi connectivity index (χ2v) is 4.87. The van der Waals surface area contributed by atoms with Crippen LogP contribution in [-0.2, 0) is 17.9 Å². The molecule has 0 aliphatic rings. The van der Waals surface area contributed by atoms with Crippen LogP contribution in [0.25, 0.3) is 0 Å². The van der Waals surface area contributed by atoms with Crippen molar-refractivity contribution in [2.45, 2.75) is 46.4 Å². The highest BCUT2D eigenvalue weighted by atomic mass is 16.5. The maximum Gasteiger partial charge on any atom is 0.0726 e. The summed E-state index contributed by atoms with van der Waals surface area (Å²) in [5.41, 5.74) is 9.16. The summed E-state index contributed by atoms with van der Waals surface area (Å²) in [5, 5.41) is 0. The van der Waals surface area contributed by atoms with Gasteiger partial charge in [-0.1, -0.05) is 18.2 Å². The van der Waals surface area contributed by atoms with E-state index in [0.29, 0.717) is 13.2 Å². The van der Waals surface area contributed by atoms with Gasteiger partial charge in [-0.05, 0) is 44.4 Å². The highest BCUT2D eigenvalue weighted by Crippen LogP contribution is 2.16. The Bertz CT molecular complexity index is 326. The molecule has 0 radical (unpaired) electrons. The normalized spacial score (nSPS) is 11.8. The summed E-state index contributed by atoms with van der Waals surface area (Å²) >= 11 is 0. The lowest BCUT2D eigenvalue weighted by Gasteiger charge is -2.20. The molecule has 1 aromatic rings. The van der Waals surface area contributed by atoms with Gasteiger partial charge in [0.2, 0.25) is 0 Å². The van der Waals surface area contributed by atoms with Gasteiger partial charge in [-0.15, -0.1) is 0 Å². The molecule has 1 rings (SSSR count). The Balaban J connectivity index is 2.70. The molecule has 2 heteroatoms. The molecule has 1 aromatic carbocycles. The second-order valence-electron chi connectivity index (χ2n) is 4.87. The van der Waals surface area contributed by atoms with Gasteiger partial charge < -0.3 is 10.5 Å². The zero-order chi connectivity index (χ0) is 11.5. The fourth-order valence-electron chi connectivity index (χ4n) is 1.34. The number of benzene rings is 1. The van der Waals surface area contributed by atoms with Crippen molar-refractivity contribution < 1.29 is 4.74 Å². The Morgan fingerprint density at radius 2 is 1.93 bits per heavy atom. The molecule has 0 aromatic heterocycles. The first-order valence-corrected chi connectivity index (χ1v) is 5.35. The van der Waals surface area contributed by atoms with Gasteiger partial charge in [0.25, 0.3) is 0 Å². The third-order valence-electron chi connectivity index (χ3n) is 2.30. The van der Waals surface area contributed by atoms with Gasteiger partial charge in [-0.3, -0.25) is 0 Å². The summed E-state index contributed by atoms with van der Waals surface area (Å²) in [6.07, 6.45) is 0. The Kier molecular flexibility index (Phi) is 3.89. The van der Waals surface area contributed by atoms with Crippen LogP contribution < -0.4 is 5.73 Å². The zero-order valence-corrected chi connectivity index (χ0v) is 10.1. The lowest BCUT2D eigenvalue weighted by atomic mass is 10.1. The Hall–Kier alpha value is -0.860. The Morgan fingerprint density at radius 1 is 1.27 bits per heavy atom. The fraction of sp³-hybridized carbons (Fsp3) is 0.538. The number of hydrogen-bond acceptors (Lipinski definition) is 2. The quantitative estimate of drug-likeness (QED) is 0.827. The molecule has 84 valence electrons. The minimum absolute atomic E-state index is 0.0843. The summed E-state index contributed by atoms with van der Waals surface area (Å²) < 4.78 is 5.74. The van der Waals surface area contributed by atoms with Gasteiger partial charge in [-0.25, -0.2) is 0 Å². The van der Waals surface area contributed by atoms with Crippen LogP contribution in [0.4, 0.5) is 0 Å². The highest BCUT2D eigenvalue weighted by Gasteiger charge is 2.10. The maximum absolute atomic E-state index is 5.74. The van der Waals surface area contributed by atoms with E-state index in [1.807, 2.05) is 0 Å². The molecular formula is C13H21NO. The summed E-state index contributed by atoms with van der Waals surface area (Å²) in [6.45, 7) is 9.56. The summed E-state index contributed by atoms with van der Waals surface area (Å²) in [5.74, 6) is 0. The van der Waals surface area contributed by atoms with Crippen molar-refractivity contribution >= 4 is 0 Å². The lowest BCUT2D eigenvalue weighted by Crippen LogP contribution is -2.19. The predicted molar refractivity (Wildman–Crippen MR) is 63.6 cm³/mol. The van der Waals surface area contributed by atoms with E-state index in [9.17, 15) is 0 Å². The molecule has 2 N–H and O–H groups in total. The van der Waals surface area contributed by atoms with Crippen molar-refractivity contribution in [3.05, 3.63) is 34.9 Å². The number of ether oxygens (including phenoxy) is 1. The molecule has 0 saturated heterocycles. The average Bonchev–Trinajstić information content (AvgIpc) is 2.14. The largest absolute Gasteiger partial charge is 0.371 e. The van der Waals surface area contributed by atoms with E-state index >= 15 is 0 Å². The van der Waals surface area contributed by atoms with Crippen LogP contribution in [-0.4, -0.2) is 5.60 Å². The Labute approximate surface area is 92.4 Å². The van der Waals surface area contributed by atoms with Crippen molar-refractivity contribution in [1.82, 2.24) is 0 Å². The van der Waals surface area contributed by atoms with E-state index < -0.39 is 0 Å². The number of hydrogen-bond donors (Lipinski definition) is 1. The van der Waals surface area contributed by atoms with Gasteiger partial charge in [0.1, 0.15) is 0 Å². The average molecular weight is 207 g/mol. The van der Waals surface area contributed by atoms with Crippen molar-refractivity contribution in [2.24, 2.45) is 5.73 Å². The first kappa shape index (κ1) is 12.2. The van der Waals surface area contributed by atoms with Crippen molar-refractivity contribution in [3.8, 4) is 0 Å². The van der Waals surface area contributed by atoms with E-state index in [1.54, 1.807) is 0 Å². The molecule has 15 heavy (non-hydrogen) atoms. The summed E-state index contributed by atoms with van der Waals surface area (Å²) in [4.78, 5) is 0. The number of rotatable bonds is 3. The Morgan fingerprint density at radius 3 is 2.40 bits per heavy atom. The molecule has 0 amide bonds. The third-order valence-corrected chi connectivity index (χ3v) is 2.30. The van der Waals surface area contributed by atoms with Gasteiger partial charge in [0, 0.05) is 6.54 Å². The highest BCUT2D eigenvalue weighted by molar-refractivity contribution is 5.30. The molecule has 0 atom stereocenters. The first-order chi connectivity index (χ1) is 6.92. The van der Waals surface area contributed by atoms with Gasteiger partial charge in [-0.2, -0.15) is 0 Å². The minimum atomic E-state index is -0.0843. The molecular weight excluding hydrogens is 186 g/mol. The van der Waals surface area contributed by atoms with Crippen LogP contribution >= 0.6 is 0 Å². The topological polar surface area (TPSA) is 35.2 Å². The summed E-state index contributed by atoms with van der Waals surface area (Å²) in [6, 6.07) is 6.29. The molecule has 0 aliphatic carbocycles. The zero-order valence-electron chi connectivity index (χ0n) is 10.1. The first-order valence-electron chi connectivity index (χ1n) is 5.35. The number of nitrogens with two attached hydrogens (primary N) is 1. The molecule has 0 aliphatic heterocycles. The maximum atomic E-state index is 5.74. The van der Waals surface area contributed by atoms with Crippen LogP contribution in [0.2, 0.25) is 0 Å². The predicted octanol–water partition coefficient (Wildman–Crippen LogP) is 2.77. The van der Waals surface area contributed by atoms with Crippen LogP contribution in [0.3, 0.4) is 0 Å². The van der Waals surface area contributed by atoms with E-state index in [-0.39, 0.29) is 5.60 Å². The molecule has 0 bridgehead atoms. The van der Waals surface area contributed by atoms with E-state index in [0.717, 1.165) is 0 Å². The third kappa shape index (κ3) is 4.02. The van der Waals surface area contributed by atoms with E-state index in [1.165, 1.54) is 16.7 Å². The fourth-order valence-corrected chi connectivity index (χ4v) is 1.34. The lowest BCUT2D eigenvalue weighted by molar-refractivity contribution is -0.0151. The summed E-state index contributed by atoms with van der Waals surface area (Å²) in [7, 11) is 0. The second kappa shape index (κ2) is 4.77. The minimum Gasteiger partial charge on any atom is -0.371 e. The van der Waals surface area contributed by atoms with Crippen molar-refractivity contribution in [3.63, 3.8) is 0 Å². The molecule has 0 saturated carbocycles. The standard InChI is InChI=1S/C13H21NO/c1-10-7-11(8-14)5-6-12(10)9-15-13(2,3)4/h5-7H,8-9,14H2,1-4H3. The van der Waals surface area contributed by atoms with E-state index in [2.05, 4.69) is 45.9 Å². The molecule has 0 heterocycles. The van der Waals surface area contributed by atoms with Crippen LogP contribution in [0.15, 0.2) is 18.2 Å². The van der Waals surface area contributed by atoms with Crippen LogP contribution in [0.1, 0.15) is 37.5 Å². The monoisotopic (exact) mass is 207 g/mol.